The van der Waals surface area contributed by atoms with Crippen molar-refractivity contribution in [1.29, 1.82) is 0 Å². The van der Waals surface area contributed by atoms with Gasteiger partial charge in [0.2, 0.25) is 3.79 Å². The molecule has 0 saturated heterocycles. The van der Waals surface area contributed by atoms with Gasteiger partial charge in [-0.1, -0.05) is 53.0 Å². The SMILES string of the molecule is O=C(CF)N[C@H](NC(=S)Nc1ccc(N=Nc2ccccc2)cc1)C(Cl)(Cl)Cl. The first-order chi connectivity index (χ1) is 13.3. The van der Waals surface area contributed by atoms with Crippen molar-refractivity contribution in [1.82, 2.24) is 10.6 Å². The van der Waals surface area contributed by atoms with Crippen molar-refractivity contribution < 1.29 is 9.18 Å². The number of amides is 1. The van der Waals surface area contributed by atoms with Gasteiger partial charge >= 0.3 is 0 Å². The zero-order valence-corrected chi connectivity index (χ0v) is 17.3. The maximum absolute atomic E-state index is 12.4. The van der Waals surface area contributed by atoms with Crippen molar-refractivity contribution in [2.24, 2.45) is 10.2 Å². The Balaban J connectivity index is 1.96. The summed E-state index contributed by atoms with van der Waals surface area (Å²) in [6, 6.07) is 16.2. The van der Waals surface area contributed by atoms with Crippen LogP contribution < -0.4 is 16.0 Å². The molecule has 0 aliphatic heterocycles. The lowest BCUT2D eigenvalue weighted by Crippen LogP contribution is -2.56. The first kappa shape index (κ1) is 22.3. The summed E-state index contributed by atoms with van der Waals surface area (Å²) in [5.74, 6) is -0.945. The lowest BCUT2D eigenvalue weighted by Gasteiger charge is -2.27. The van der Waals surface area contributed by atoms with Crippen LogP contribution in [-0.2, 0) is 4.79 Å². The Kier molecular flexibility index (Phi) is 8.37. The smallest absolute Gasteiger partial charge is 0.253 e. The Bertz CT molecular complexity index is 831. The topological polar surface area (TPSA) is 77.9 Å². The minimum Gasteiger partial charge on any atom is -0.339 e. The van der Waals surface area contributed by atoms with E-state index in [0.717, 1.165) is 5.69 Å². The van der Waals surface area contributed by atoms with Crippen LogP contribution in [0.15, 0.2) is 64.8 Å². The van der Waals surface area contributed by atoms with E-state index in [0.29, 0.717) is 11.4 Å². The molecule has 1 atom stereocenters. The second-order valence-corrected chi connectivity index (χ2v) is 8.13. The first-order valence-corrected chi connectivity index (χ1v) is 9.38. The van der Waals surface area contributed by atoms with E-state index < -0.39 is 22.5 Å². The van der Waals surface area contributed by atoms with Gasteiger partial charge in [-0.15, -0.1) is 0 Å². The molecule has 0 heterocycles. The molecule has 2 aromatic rings. The van der Waals surface area contributed by atoms with E-state index >= 15 is 0 Å². The molecular weight excluding hydrogens is 448 g/mol. The number of nitrogens with one attached hydrogen (secondary N) is 3. The predicted molar refractivity (Wildman–Crippen MR) is 115 cm³/mol. The van der Waals surface area contributed by atoms with Crippen LogP contribution >= 0.6 is 47.0 Å². The standard InChI is InChI=1S/C17H15Cl3FN5OS/c18-17(19,20)15(23-14(27)10-21)24-16(28)22-11-6-8-13(9-7-11)26-25-12-4-2-1-3-5-12/h1-9,15H,10H2,(H,23,27)(H2,22,24,28)/t15-/m1/s1. The third-order valence-corrected chi connectivity index (χ3v) is 4.07. The molecule has 0 fully saturated rings. The number of thiocarbonyl (C=S) groups is 1. The number of alkyl halides is 4. The van der Waals surface area contributed by atoms with E-state index in [9.17, 15) is 9.18 Å². The molecule has 0 aliphatic carbocycles. The third kappa shape index (κ3) is 7.55. The van der Waals surface area contributed by atoms with Gasteiger partial charge in [0.25, 0.3) is 5.91 Å². The number of nitrogens with zero attached hydrogens (tertiary/aromatic N) is 2. The van der Waals surface area contributed by atoms with E-state index in [4.69, 9.17) is 47.0 Å². The molecule has 2 rings (SSSR count). The second kappa shape index (κ2) is 10.5. The van der Waals surface area contributed by atoms with Gasteiger partial charge in [0, 0.05) is 5.69 Å². The van der Waals surface area contributed by atoms with Gasteiger partial charge in [-0.3, -0.25) is 4.79 Å². The molecule has 148 valence electrons. The molecule has 0 unspecified atom stereocenters. The number of hydrogen-bond acceptors (Lipinski definition) is 4. The quantitative estimate of drug-likeness (QED) is 0.239. The van der Waals surface area contributed by atoms with E-state index in [1.807, 2.05) is 30.3 Å². The van der Waals surface area contributed by atoms with E-state index in [2.05, 4.69) is 26.2 Å². The molecule has 0 radical (unpaired) electrons. The average molecular weight is 463 g/mol. The Hall–Kier alpha value is -2.00. The highest BCUT2D eigenvalue weighted by Gasteiger charge is 2.34. The van der Waals surface area contributed by atoms with Crippen LogP contribution in [0.25, 0.3) is 0 Å². The Morgan fingerprint density at radius 3 is 2.11 bits per heavy atom. The van der Waals surface area contributed by atoms with Crippen molar-refractivity contribution in [2.75, 3.05) is 12.0 Å². The summed E-state index contributed by atoms with van der Waals surface area (Å²) in [5.41, 5.74) is 2.00. The monoisotopic (exact) mass is 461 g/mol. The Labute approximate surface area is 181 Å². The minimum atomic E-state index is -1.95. The summed E-state index contributed by atoms with van der Waals surface area (Å²) in [5, 5.41) is 16.0. The van der Waals surface area contributed by atoms with Crippen LogP contribution in [0.5, 0.6) is 0 Å². The van der Waals surface area contributed by atoms with Gasteiger partial charge in [-0.2, -0.15) is 10.2 Å². The number of halogens is 4. The van der Waals surface area contributed by atoms with Crippen LogP contribution in [0.2, 0.25) is 0 Å². The van der Waals surface area contributed by atoms with E-state index in [-0.39, 0.29) is 5.11 Å². The summed E-state index contributed by atoms with van der Waals surface area (Å²) in [6.07, 6.45) is -1.22. The van der Waals surface area contributed by atoms with Crippen molar-refractivity contribution in [2.45, 2.75) is 9.96 Å². The normalized spacial score (nSPS) is 12.4. The molecule has 0 aromatic heterocycles. The molecular formula is C17H15Cl3FN5OS. The number of carbonyl (C=O) groups excluding carboxylic acids is 1. The first-order valence-electron chi connectivity index (χ1n) is 7.84. The highest BCUT2D eigenvalue weighted by Crippen LogP contribution is 2.29. The molecule has 0 spiro atoms. The van der Waals surface area contributed by atoms with Crippen molar-refractivity contribution in [3.8, 4) is 0 Å². The van der Waals surface area contributed by atoms with Crippen LogP contribution in [0.1, 0.15) is 0 Å². The Morgan fingerprint density at radius 2 is 1.57 bits per heavy atom. The summed E-state index contributed by atoms with van der Waals surface area (Å²) >= 11 is 22.5. The predicted octanol–water partition coefficient (Wildman–Crippen LogP) is 5.17. The van der Waals surface area contributed by atoms with Crippen LogP contribution in [0, 0.1) is 0 Å². The van der Waals surface area contributed by atoms with Crippen molar-refractivity contribution >= 4 is 75.1 Å². The van der Waals surface area contributed by atoms with Crippen LogP contribution in [0.4, 0.5) is 21.5 Å². The molecule has 0 bridgehead atoms. The highest BCUT2D eigenvalue weighted by molar-refractivity contribution is 7.80. The fourth-order valence-corrected chi connectivity index (χ4v) is 2.48. The average Bonchev–Trinajstić information content (AvgIpc) is 2.67. The van der Waals surface area contributed by atoms with Crippen LogP contribution in [-0.4, -0.2) is 27.7 Å². The molecule has 2 aromatic carbocycles. The number of azo groups is 1. The maximum atomic E-state index is 12.4. The number of rotatable bonds is 6. The summed E-state index contributed by atoms with van der Waals surface area (Å²) in [6.45, 7) is -1.25. The number of hydrogen-bond donors (Lipinski definition) is 3. The second-order valence-electron chi connectivity index (χ2n) is 5.36. The summed E-state index contributed by atoms with van der Waals surface area (Å²) < 4.78 is 10.4. The third-order valence-electron chi connectivity index (χ3n) is 3.19. The Morgan fingerprint density at radius 1 is 1.00 bits per heavy atom. The number of carbonyl (C=O) groups is 1. The molecule has 28 heavy (non-hydrogen) atoms. The number of benzene rings is 2. The van der Waals surface area contributed by atoms with Crippen molar-refractivity contribution in [3.05, 3.63) is 54.6 Å². The lowest BCUT2D eigenvalue weighted by atomic mass is 10.3. The highest BCUT2D eigenvalue weighted by atomic mass is 35.6. The van der Waals surface area contributed by atoms with Gasteiger partial charge in [0.15, 0.2) is 11.8 Å². The van der Waals surface area contributed by atoms with E-state index in [1.165, 1.54) is 0 Å². The molecule has 0 saturated carbocycles. The molecule has 1 amide bonds. The summed E-state index contributed by atoms with van der Waals surface area (Å²) in [7, 11) is 0. The van der Waals surface area contributed by atoms with Gasteiger partial charge in [-0.25, -0.2) is 4.39 Å². The zero-order chi connectivity index (χ0) is 20.6. The molecule has 0 aliphatic rings. The molecule has 6 nitrogen and oxygen atoms in total. The zero-order valence-electron chi connectivity index (χ0n) is 14.2. The molecule has 11 heteroatoms. The lowest BCUT2D eigenvalue weighted by molar-refractivity contribution is -0.122. The maximum Gasteiger partial charge on any atom is 0.253 e. The molecule has 3 N–H and O–H groups in total. The summed E-state index contributed by atoms with van der Waals surface area (Å²) in [4.78, 5) is 11.2. The largest absolute Gasteiger partial charge is 0.339 e. The number of anilines is 1. The van der Waals surface area contributed by atoms with Gasteiger partial charge < -0.3 is 16.0 Å². The van der Waals surface area contributed by atoms with Gasteiger partial charge in [0.05, 0.1) is 11.4 Å². The fourth-order valence-electron chi connectivity index (χ4n) is 1.92. The van der Waals surface area contributed by atoms with Gasteiger partial charge in [0.1, 0.15) is 6.17 Å². The van der Waals surface area contributed by atoms with Crippen molar-refractivity contribution in [3.63, 3.8) is 0 Å². The fraction of sp³-hybridized carbons (Fsp3) is 0.176. The van der Waals surface area contributed by atoms with Gasteiger partial charge in [-0.05, 0) is 48.6 Å². The minimum absolute atomic E-state index is 0.0640. The van der Waals surface area contributed by atoms with E-state index in [1.54, 1.807) is 24.3 Å². The van der Waals surface area contributed by atoms with Crippen LogP contribution in [0.3, 0.4) is 0 Å².